The number of likely N-dealkylation sites (tertiary alicyclic amines) is 1. The van der Waals surface area contributed by atoms with Gasteiger partial charge in [-0.25, -0.2) is 0 Å². The molecule has 4 atom stereocenters. The monoisotopic (exact) mass is 428 g/mol. The third-order valence-corrected chi connectivity index (χ3v) is 7.22. The Morgan fingerprint density at radius 1 is 1.10 bits per heavy atom. The summed E-state index contributed by atoms with van der Waals surface area (Å²) >= 11 is 0. The molecule has 4 unspecified atom stereocenters. The predicted molar refractivity (Wildman–Crippen MR) is 126 cm³/mol. The van der Waals surface area contributed by atoms with Gasteiger partial charge in [0.05, 0.1) is 26.4 Å². The number of ether oxygens (including phenoxy) is 2. The number of nitrogens with one attached hydrogen (secondary N) is 1. The van der Waals surface area contributed by atoms with Crippen molar-refractivity contribution in [1.29, 1.82) is 0 Å². The lowest BCUT2D eigenvalue weighted by Gasteiger charge is -2.40. The van der Waals surface area contributed by atoms with Gasteiger partial charge in [0.25, 0.3) is 0 Å². The lowest BCUT2D eigenvalue weighted by atomic mass is 9.82. The van der Waals surface area contributed by atoms with Crippen molar-refractivity contribution in [1.82, 2.24) is 15.1 Å². The molecule has 0 bridgehead atoms. The van der Waals surface area contributed by atoms with Gasteiger partial charge in [-0.15, -0.1) is 0 Å². The van der Waals surface area contributed by atoms with E-state index in [4.69, 9.17) is 14.5 Å². The van der Waals surface area contributed by atoms with Crippen molar-refractivity contribution in [2.75, 3.05) is 65.7 Å². The summed E-state index contributed by atoms with van der Waals surface area (Å²) in [7, 11) is 0. The number of hydrogen-bond donors (Lipinski definition) is 1. The normalized spacial score (nSPS) is 29.2. The molecule has 3 aliphatic heterocycles. The summed E-state index contributed by atoms with van der Waals surface area (Å²) in [4.78, 5) is 10.2. The largest absolute Gasteiger partial charge is 0.381 e. The number of aliphatic imine (C=N–C) groups is 1. The third-order valence-electron chi connectivity index (χ3n) is 7.22. The summed E-state index contributed by atoms with van der Waals surface area (Å²) in [6, 6.07) is 11.5. The number of guanidine groups is 1. The van der Waals surface area contributed by atoms with E-state index < -0.39 is 0 Å². The molecule has 0 amide bonds. The molecule has 1 N–H and O–H groups in total. The second kappa shape index (κ2) is 11.3. The van der Waals surface area contributed by atoms with Gasteiger partial charge in [-0.05, 0) is 37.2 Å². The van der Waals surface area contributed by atoms with Gasteiger partial charge in [-0.3, -0.25) is 9.89 Å². The van der Waals surface area contributed by atoms with Crippen LogP contribution in [0.4, 0.5) is 0 Å². The van der Waals surface area contributed by atoms with Crippen LogP contribution < -0.4 is 5.32 Å². The van der Waals surface area contributed by atoms with Crippen molar-refractivity contribution in [3.63, 3.8) is 0 Å². The standard InChI is InChI=1S/C25H40N4O2/c1-3-26-25(29-11-9-23(20(2)18-29)21-7-5-4-6-8-21)27-17-24(22-10-14-31-19-22)28-12-15-30-16-13-28/h4-8,20,22-24H,3,9-19H2,1-2H3,(H,26,27). The van der Waals surface area contributed by atoms with E-state index in [1.165, 1.54) is 12.0 Å². The van der Waals surface area contributed by atoms with Crippen molar-refractivity contribution in [3.05, 3.63) is 35.9 Å². The number of nitrogens with zero attached hydrogens (tertiary/aromatic N) is 3. The van der Waals surface area contributed by atoms with Gasteiger partial charge >= 0.3 is 0 Å². The van der Waals surface area contributed by atoms with Gasteiger partial charge in [0.1, 0.15) is 0 Å². The van der Waals surface area contributed by atoms with Crippen LogP contribution in [0.1, 0.15) is 38.2 Å². The molecule has 0 spiro atoms. The minimum atomic E-state index is 0.444. The van der Waals surface area contributed by atoms with Gasteiger partial charge in [-0.1, -0.05) is 37.3 Å². The van der Waals surface area contributed by atoms with Crippen LogP contribution in [-0.4, -0.2) is 87.5 Å². The van der Waals surface area contributed by atoms with E-state index in [0.29, 0.717) is 23.8 Å². The van der Waals surface area contributed by atoms with Crippen LogP contribution in [0.3, 0.4) is 0 Å². The van der Waals surface area contributed by atoms with Crippen molar-refractivity contribution in [3.8, 4) is 0 Å². The van der Waals surface area contributed by atoms with Crippen molar-refractivity contribution in [2.24, 2.45) is 16.8 Å². The van der Waals surface area contributed by atoms with Crippen molar-refractivity contribution < 1.29 is 9.47 Å². The molecule has 0 aromatic heterocycles. The molecule has 3 heterocycles. The topological polar surface area (TPSA) is 49.3 Å². The summed E-state index contributed by atoms with van der Waals surface area (Å²) in [6.45, 7) is 13.8. The smallest absolute Gasteiger partial charge is 0.193 e. The highest BCUT2D eigenvalue weighted by atomic mass is 16.5. The minimum Gasteiger partial charge on any atom is -0.381 e. The van der Waals surface area contributed by atoms with E-state index in [-0.39, 0.29) is 0 Å². The van der Waals surface area contributed by atoms with Crippen LogP contribution in [-0.2, 0) is 9.47 Å². The number of piperidine rings is 1. The summed E-state index contributed by atoms with van der Waals surface area (Å²) in [6.07, 6.45) is 2.33. The molecule has 6 nitrogen and oxygen atoms in total. The lowest BCUT2D eigenvalue weighted by Crippen LogP contribution is -2.51. The van der Waals surface area contributed by atoms with Crippen LogP contribution in [0, 0.1) is 11.8 Å². The Labute approximate surface area is 188 Å². The molecule has 1 aromatic rings. The molecule has 3 aliphatic rings. The molecule has 0 radical (unpaired) electrons. The highest BCUT2D eigenvalue weighted by Crippen LogP contribution is 2.32. The summed E-state index contributed by atoms with van der Waals surface area (Å²) in [5, 5.41) is 3.58. The van der Waals surface area contributed by atoms with E-state index in [9.17, 15) is 0 Å². The fourth-order valence-corrected chi connectivity index (χ4v) is 5.47. The Hall–Kier alpha value is -1.63. The number of benzene rings is 1. The zero-order valence-electron chi connectivity index (χ0n) is 19.3. The van der Waals surface area contributed by atoms with Gasteiger partial charge < -0.3 is 19.7 Å². The van der Waals surface area contributed by atoms with E-state index in [1.807, 2.05) is 0 Å². The van der Waals surface area contributed by atoms with Gasteiger partial charge in [0.2, 0.25) is 0 Å². The Bertz CT molecular complexity index is 686. The first-order chi connectivity index (χ1) is 15.3. The van der Waals surface area contributed by atoms with Crippen molar-refractivity contribution >= 4 is 5.96 Å². The molecular formula is C25H40N4O2. The first kappa shape index (κ1) is 22.6. The van der Waals surface area contributed by atoms with Crippen molar-refractivity contribution in [2.45, 2.75) is 38.6 Å². The van der Waals surface area contributed by atoms with Crippen LogP contribution in [0.25, 0.3) is 0 Å². The predicted octanol–water partition coefficient (Wildman–Crippen LogP) is 2.81. The summed E-state index contributed by atoms with van der Waals surface area (Å²) < 4.78 is 11.3. The first-order valence-corrected chi connectivity index (χ1v) is 12.2. The summed E-state index contributed by atoms with van der Waals surface area (Å²) in [5.74, 6) is 2.90. The number of morpholine rings is 1. The van der Waals surface area contributed by atoms with E-state index in [1.54, 1.807) is 0 Å². The maximum Gasteiger partial charge on any atom is 0.193 e. The van der Waals surface area contributed by atoms with Crippen LogP contribution in [0.15, 0.2) is 35.3 Å². The van der Waals surface area contributed by atoms with Gasteiger partial charge in [0.15, 0.2) is 5.96 Å². The third kappa shape index (κ3) is 5.79. The van der Waals surface area contributed by atoms with Gasteiger partial charge in [0, 0.05) is 51.3 Å². The van der Waals surface area contributed by atoms with Crippen LogP contribution >= 0.6 is 0 Å². The molecule has 172 valence electrons. The number of rotatable bonds is 6. The minimum absolute atomic E-state index is 0.444. The van der Waals surface area contributed by atoms with E-state index >= 15 is 0 Å². The zero-order valence-corrected chi connectivity index (χ0v) is 19.3. The summed E-state index contributed by atoms with van der Waals surface area (Å²) in [5.41, 5.74) is 1.48. The Morgan fingerprint density at radius 2 is 1.90 bits per heavy atom. The highest BCUT2D eigenvalue weighted by molar-refractivity contribution is 5.80. The maximum absolute atomic E-state index is 5.73. The number of hydrogen-bond acceptors (Lipinski definition) is 4. The molecule has 1 aromatic carbocycles. The lowest BCUT2D eigenvalue weighted by molar-refractivity contribution is 0.00362. The Balaban J connectivity index is 1.43. The molecule has 4 rings (SSSR count). The molecule has 31 heavy (non-hydrogen) atoms. The van der Waals surface area contributed by atoms with Gasteiger partial charge in [-0.2, -0.15) is 0 Å². The van der Waals surface area contributed by atoms with E-state index in [2.05, 4.69) is 59.3 Å². The Morgan fingerprint density at radius 3 is 2.58 bits per heavy atom. The molecule has 0 aliphatic carbocycles. The average Bonchev–Trinajstić information content (AvgIpc) is 3.34. The zero-order chi connectivity index (χ0) is 21.5. The second-order valence-corrected chi connectivity index (χ2v) is 9.26. The quantitative estimate of drug-likeness (QED) is 0.558. The first-order valence-electron chi connectivity index (χ1n) is 12.2. The SMILES string of the molecule is CCNC(=NCC(C1CCOC1)N1CCOCC1)N1CCC(c2ccccc2)C(C)C1. The second-order valence-electron chi connectivity index (χ2n) is 9.26. The van der Waals surface area contributed by atoms with E-state index in [0.717, 1.165) is 78.1 Å². The fraction of sp³-hybridized carbons (Fsp3) is 0.720. The van der Waals surface area contributed by atoms with Crippen LogP contribution in [0.5, 0.6) is 0 Å². The Kier molecular flexibility index (Phi) is 8.22. The molecule has 0 saturated carbocycles. The molecule has 6 heteroatoms. The fourth-order valence-electron chi connectivity index (χ4n) is 5.47. The maximum atomic E-state index is 5.73. The molecular weight excluding hydrogens is 388 g/mol. The average molecular weight is 429 g/mol. The highest BCUT2D eigenvalue weighted by Gasteiger charge is 2.32. The molecule has 3 saturated heterocycles. The van der Waals surface area contributed by atoms with Crippen LogP contribution in [0.2, 0.25) is 0 Å². The molecule has 3 fully saturated rings.